The van der Waals surface area contributed by atoms with Gasteiger partial charge in [-0.2, -0.15) is 0 Å². The van der Waals surface area contributed by atoms with Crippen LogP contribution >= 0.6 is 11.6 Å². The number of amides is 1. The zero-order valence-corrected chi connectivity index (χ0v) is 20.4. The summed E-state index contributed by atoms with van der Waals surface area (Å²) in [6.07, 6.45) is 0.731. The summed E-state index contributed by atoms with van der Waals surface area (Å²) < 4.78 is 5.41. The molecule has 1 N–H and O–H groups in total. The number of likely N-dealkylation sites (tertiary alicyclic amines) is 1. The van der Waals surface area contributed by atoms with Crippen molar-refractivity contribution < 1.29 is 19.4 Å². The van der Waals surface area contributed by atoms with E-state index in [0.29, 0.717) is 36.3 Å². The molecule has 34 heavy (non-hydrogen) atoms. The van der Waals surface area contributed by atoms with Gasteiger partial charge in [-0.05, 0) is 47.7 Å². The van der Waals surface area contributed by atoms with Crippen LogP contribution in [0.4, 0.5) is 0 Å². The van der Waals surface area contributed by atoms with E-state index >= 15 is 0 Å². The first-order valence-corrected chi connectivity index (χ1v) is 12.2. The summed E-state index contributed by atoms with van der Waals surface area (Å²) in [6.45, 7) is 8.66. The smallest absolute Gasteiger partial charge is 0.295 e. The lowest BCUT2D eigenvalue weighted by Crippen LogP contribution is -2.38. The van der Waals surface area contributed by atoms with Crippen LogP contribution in [0.2, 0.25) is 5.02 Å². The largest absolute Gasteiger partial charge is 0.507 e. The van der Waals surface area contributed by atoms with E-state index in [1.54, 1.807) is 29.2 Å². The molecule has 2 fully saturated rings. The third-order valence-electron chi connectivity index (χ3n) is 6.55. The number of hydrogen-bond donors (Lipinski definition) is 1. The SMILES string of the molecule is CC(C)c1ccc([C@H]2C(=C(O)c3ccc(Cl)cc3)C(=O)C(=O)N2CCCN2CCOCC2)cc1. The highest BCUT2D eigenvalue weighted by molar-refractivity contribution is 6.46. The van der Waals surface area contributed by atoms with Crippen LogP contribution in [0.3, 0.4) is 0 Å². The van der Waals surface area contributed by atoms with E-state index < -0.39 is 17.7 Å². The molecule has 6 nitrogen and oxygen atoms in total. The number of benzene rings is 2. The van der Waals surface area contributed by atoms with E-state index in [2.05, 4.69) is 18.7 Å². The minimum atomic E-state index is -0.656. The summed E-state index contributed by atoms with van der Waals surface area (Å²) in [5, 5.41) is 11.7. The lowest BCUT2D eigenvalue weighted by atomic mass is 9.93. The molecule has 0 aliphatic carbocycles. The molecule has 4 rings (SSSR count). The highest BCUT2D eigenvalue weighted by Crippen LogP contribution is 2.40. The molecular formula is C27H31ClN2O4. The van der Waals surface area contributed by atoms with Crippen molar-refractivity contribution in [3.8, 4) is 0 Å². The Morgan fingerprint density at radius 2 is 1.68 bits per heavy atom. The number of ketones is 1. The zero-order valence-electron chi connectivity index (χ0n) is 19.7. The predicted octanol–water partition coefficient (Wildman–Crippen LogP) is 4.61. The van der Waals surface area contributed by atoms with Crippen LogP contribution in [-0.4, -0.2) is 66.0 Å². The number of rotatable bonds is 7. The fraction of sp³-hybridized carbons (Fsp3) is 0.407. The number of Topliss-reactive ketones (excluding diaryl/α,β-unsaturated/α-hetero) is 1. The van der Waals surface area contributed by atoms with Gasteiger partial charge in [-0.15, -0.1) is 0 Å². The van der Waals surface area contributed by atoms with Gasteiger partial charge < -0.3 is 14.7 Å². The second-order valence-corrected chi connectivity index (χ2v) is 9.56. The summed E-state index contributed by atoms with van der Waals surface area (Å²) in [5.41, 5.74) is 2.56. The highest BCUT2D eigenvalue weighted by atomic mass is 35.5. The Bertz CT molecular complexity index is 1060. The number of ether oxygens (including phenoxy) is 1. The molecule has 2 aliphatic rings. The number of hydrogen-bond acceptors (Lipinski definition) is 5. The van der Waals surface area contributed by atoms with Gasteiger partial charge in [-0.3, -0.25) is 14.5 Å². The molecule has 1 atom stereocenters. The quantitative estimate of drug-likeness (QED) is 0.354. The fourth-order valence-electron chi connectivity index (χ4n) is 4.57. The zero-order chi connectivity index (χ0) is 24.2. The maximum absolute atomic E-state index is 13.2. The second kappa shape index (κ2) is 10.7. The van der Waals surface area contributed by atoms with Crippen LogP contribution in [0.1, 0.15) is 48.9 Å². The summed E-state index contributed by atoms with van der Waals surface area (Å²) >= 11 is 6.00. The fourth-order valence-corrected chi connectivity index (χ4v) is 4.70. The molecule has 2 aliphatic heterocycles. The molecule has 0 unspecified atom stereocenters. The molecule has 1 amide bonds. The maximum Gasteiger partial charge on any atom is 0.295 e. The first-order chi connectivity index (χ1) is 16.4. The Hall–Kier alpha value is -2.67. The van der Waals surface area contributed by atoms with Crippen LogP contribution in [0, 0.1) is 0 Å². The average molecular weight is 483 g/mol. The molecule has 2 saturated heterocycles. The van der Waals surface area contributed by atoms with Crippen molar-refractivity contribution in [2.24, 2.45) is 0 Å². The van der Waals surface area contributed by atoms with Gasteiger partial charge in [0.1, 0.15) is 5.76 Å². The predicted molar refractivity (Wildman–Crippen MR) is 133 cm³/mol. The molecule has 0 aromatic heterocycles. The van der Waals surface area contributed by atoms with E-state index in [4.69, 9.17) is 16.3 Å². The van der Waals surface area contributed by atoms with Gasteiger partial charge in [0, 0.05) is 36.8 Å². The van der Waals surface area contributed by atoms with Crippen molar-refractivity contribution in [3.63, 3.8) is 0 Å². The number of morpholine rings is 1. The average Bonchev–Trinajstić information content (AvgIpc) is 3.10. The molecular weight excluding hydrogens is 452 g/mol. The number of carbonyl (C=O) groups excluding carboxylic acids is 2. The Kier molecular flexibility index (Phi) is 7.71. The van der Waals surface area contributed by atoms with Crippen LogP contribution in [0.15, 0.2) is 54.1 Å². The molecule has 2 heterocycles. The first-order valence-electron chi connectivity index (χ1n) is 11.8. The van der Waals surface area contributed by atoms with Gasteiger partial charge in [0.15, 0.2) is 0 Å². The van der Waals surface area contributed by atoms with Gasteiger partial charge in [0.05, 0.1) is 24.8 Å². The monoisotopic (exact) mass is 482 g/mol. The molecule has 2 aromatic rings. The molecule has 180 valence electrons. The molecule has 7 heteroatoms. The number of carbonyl (C=O) groups is 2. The Morgan fingerprint density at radius 1 is 1.03 bits per heavy atom. The normalized spacial score (nSPS) is 20.9. The highest BCUT2D eigenvalue weighted by Gasteiger charge is 2.45. The van der Waals surface area contributed by atoms with Crippen LogP contribution in [0.5, 0.6) is 0 Å². The van der Waals surface area contributed by atoms with Crippen molar-refractivity contribution in [1.29, 1.82) is 0 Å². The van der Waals surface area contributed by atoms with Gasteiger partial charge in [-0.1, -0.05) is 49.7 Å². The van der Waals surface area contributed by atoms with E-state index in [9.17, 15) is 14.7 Å². The van der Waals surface area contributed by atoms with Crippen LogP contribution < -0.4 is 0 Å². The Balaban J connectivity index is 1.67. The van der Waals surface area contributed by atoms with Crippen LogP contribution in [-0.2, 0) is 14.3 Å². The van der Waals surface area contributed by atoms with E-state index in [0.717, 1.165) is 31.6 Å². The third kappa shape index (κ3) is 5.19. The third-order valence-corrected chi connectivity index (χ3v) is 6.81. The van der Waals surface area contributed by atoms with Gasteiger partial charge in [0.25, 0.3) is 11.7 Å². The van der Waals surface area contributed by atoms with Crippen molar-refractivity contribution in [1.82, 2.24) is 9.80 Å². The Morgan fingerprint density at radius 3 is 2.29 bits per heavy atom. The van der Waals surface area contributed by atoms with Gasteiger partial charge in [0.2, 0.25) is 0 Å². The first kappa shape index (κ1) is 24.5. The standard InChI is InChI=1S/C27H31ClN2O4/c1-18(2)19-4-6-20(7-5-19)24-23(25(31)21-8-10-22(28)11-9-21)26(32)27(33)30(24)13-3-12-29-14-16-34-17-15-29/h4-11,18,24,31H,3,12-17H2,1-2H3/t24-/m0/s1. The van der Waals surface area contributed by atoms with E-state index in [1.165, 1.54) is 5.56 Å². The number of aliphatic hydroxyl groups excluding tert-OH is 1. The van der Waals surface area contributed by atoms with Gasteiger partial charge >= 0.3 is 0 Å². The topological polar surface area (TPSA) is 70.1 Å². The summed E-state index contributed by atoms with van der Waals surface area (Å²) in [4.78, 5) is 30.2. The maximum atomic E-state index is 13.2. The number of halogens is 1. The molecule has 0 saturated carbocycles. The van der Waals surface area contributed by atoms with E-state index in [-0.39, 0.29) is 11.3 Å². The summed E-state index contributed by atoms with van der Waals surface area (Å²) in [6, 6.07) is 13.9. The van der Waals surface area contributed by atoms with Gasteiger partial charge in [-0.25, -0.2) is 0 Å². The van der Waals surface area contributed by atoms with Crippen molar-refractivity contribution >= 4 is 29.1 Å². The van der Waals surface area contributed by atoms with E-state index in [1.807, 2.05) is 24.3 Å². The number of nitrogens with zero attached hydrogens (tertiary/aromatic N) is 2. The second-order valence-electron chi connectivity index (χ2n) is 9.13. The Labute approximate surface area is 205 Å². The van der Waals surface area contributed by atoms with Crippen molar-refractivity contribution in [2.75, 3.05) is 39.4 Å². The van der Waals surface area contributed by atoms with Crippen LogP contribution in [0.25, 0.3) is 5.76 Å². The molecule has 0 bridgehead atoms. The van der Waals surface area contributed by atoms with Crippen molar-refractivity contribution in [3.05, 3.63) is 75.8 Å². The molecule has 0 spiro atoms. The lowest BCUT2D eigenvalue weighted by Gasteiger charge is -2.29. The van der Waals surface area contributed by atoms with Crippen molar-refractivity contribution in [2.45, 2.75) is 32.2 Å². The molecule has 2 aromatic carbocycles. The minimum absolute atomic E-state index is 0.121. The molecule has 0 radical (unpaired) electrons. The summed E-state index contributed by atoms with van der Waals surface area (Å²) in [7, 11) is 0. The lowest BCUT2D eigenvalue weighted by molar-refractivity contribution is -0.140. The minimum Gasteiger partial charge on any atom is -0.507 e. The number of aliphatic hydroxyl groups is 1. The summed E-state index contributed by atoms with van der Waals surface area (Å²) in [5.74, 6) is -1.04.